The molecule has 0 aromatic heterocycles. The van der Waals surface area contributed by atoms with E-state index in [2.05, 4.69) is 19.9 Å². The SMILES string of the molecule is CC(=O)OCC=C1CC[C@H]2[C@@H]3CCC4=CC(=O)CC[C@]4(C)[C@H]3CC[C@]12C. The molecule has 0 spiro atoms. The Bertz CT molecular complexity index is 688. The molecule has 0 heterocycles. The van der Waals surface area contributed by atoms with E-state index in [0.29, 0.717) is 12.4 Å². The number of hydrogen-bond donors (Lipinski definition) is 0. The van der Waals surface area contributed by atoms with Crippen molar-refractivity contribution in [2.45, 2.75) is 72.1 Å². The van der Waals surface area contributed by atoms with Crippen molar-refractivity contribution < 1.29 is 14.3 Å². The van der Waals surface area contributed by atoms with Crippen molar-refractivity contribution in [2.24, 2.45) is 28.6 Å². The van der Waals surface area contributed by atoms with E-state index in [1.807, 2.05) is 6.08 Å². The predicted molar refractivity (Wildman–Crippen MR) is 101 cm³/mol. The van der Waals surface area contributed by atoms with Crippen LogP contribution in [0.3, 0.4) is 0 Å². The van der Waals surface area contributed by atoms with Gasteiger partial charge in [0.1, 0.15) is 6.61 Å². The topological polar surface area (TPSA) is 43.4 Å². The van der Waals surface area contributed by atoms with Crippen molar-refractivity contribution in [3.8, 4) is 0 Å². The Morgan fingerprint density at radius 3 is 2.65 bits per heavy atom. The minimum Gasteiger partial charge on any atom is -0.462 e. The highest BCUT2D eigenvalue weighted by Gasteiger charge is 2.57. The lowest BCUT2D eigenvalue weighted by atomic mass is 9.47. The molecule has 3 heteroatoms. The van der Waals surface area contributed by atoms with Gasteiger partial charge in [-0.25, -0.2) is 0 Å². The van der Waals surface area contributed by atoms with Gasteiger partial charge in [0.15, 0.2) is 5.78 Å². The second kappa shape index (κ2) is 6.35. The lowest BCUT2D eigenvalue weighted by Gasteiger charge is -2.57. The molecule has 4 aliphatic carbocycles. The van der Waals surface area contributed by atoms with Crippen LogP contribution in [-0.2, 0) is 14.3 Å². The fraction of sp³-hybridized carbons (Fsp3) is 0.739. The van der Waals surface area contributed by atoms with Gasteiger partial charge in [-0.2, -0.15) is 0 Å². The number of ether oxygens (including phenoxy) is 1. The summed E-state index contributed by atoms with van der Waals surface area (Å²) < 4.78 is 5.18. The number of esters is 1. The number of carbonyl (C=O) groups excluding carboxylic acids is 2. The molecule has 0 amide bonds. The van der Waals surface area contributed by atoms with E-state index in [4.69, 9.17) is 4.74 Å². The third-order valence-corrected chi connectivity index (χ3v) is 8.43. The highest BCUT2D eigenvalue weighted by molar-refractivity contribution is 5.91. The molecule has 0 saturated heterocycles. The van der Waals surface area contributed by atoms with Gasteiger partial charge in [0.2, 0.25) is 0 Å². The second-order valence-corrected chi connectivity index (χ2v) is 9.50. The zero-order chi connectivity index (χ0) is 18.5. The molecule has 0 aliphatic heterocycles. The molecule has 5 atom stereocenters. The van der Waals surface area contributed by atoms with Gasteiger partial charge in [-0.1, -0.05) is 25.0 Å². The molecule has 0 radical (unpaired) electrons. The summed E-state index contributed by atoms with van der Waals surface area (Å²) >= 11 is 0. The predicted octanol–water partition coefficient (Wildman–Crippen LogP) is 5.01. The summed E-state index contributed by atoms with van der Waals surface area (Å²) in [7, 11) is 0. The van der Waals surface area contributed by atoms with Crippen LogP contribution in [0, 0.1) is 28.6 Å². The minimum atomic E-state index is -0.198. The standard InChI is InChI=1S/C23H32O3/c1-15(24)26-13-10-16-5-7-20-19-6-4-17-14-18(25)8-11-23(17,3)21(19)9-12-22(16,20)2/h10,14,19-21H,4-9,11-13H2,1-3H3/t19-,20-,21-,22+,23-/m0/s1. The lowest BCUT2D eigenvalue weighted by molar-refractivity contribution is -0.139. The molecular weight excluding hydrogens is 324 g/mol. The van der Waals surface area contributed by atoms with Crippen molar-refractivity contribution in [1.29, 1.82) is 0 Å². The van der Waals surface area contributed by atoms with Crippen LogP contribution in [0.5, 0.6) is 0 Å². The first kappa shape index (κ1) is 18.0. The maximum atomic E-state index is 11.9. The van der Waals surface area contributed by atoms with E-state index < -0.39 is 0 Å². The van der Waals surface area contributed by atoms with Crippen LogP contribution in [0.1, 0.15) is 72.1 Å². The zero-order valence-corrected chi connectivity index (χ0v) is 16.5. The first-order valence-electron chi connectivity index (χ1n) is 10.4. The average Bonchev–Trinajstić information content (AvgIpc) is 2.92. The second-order valence-electron chi connectivity index (χ2n) is 9.50. The quantitative estimate of drug-likeness (QED) is 0.516. The van der Waals surface area contributed by atoms with Crippen molar-refractivity contribution in [2.75, 3.05) is 6.61 Å². The molecule has 0 bridgehead atoms. The number of carbonyl (C=O) groups is 2. The van der Waals surface area contributed by atoms with E-state index in [0.717, 1.165) is 43.4 Å². The highest BCUT2D eigenvalue weighted by Crippen LogP contribution is 2.66. The summed E-state index contributed by atoms with van der Waals surface area (Å²) in [5.41, 5.74) is 3.50. The van der Waals surface area contributed by atoms with Crippen molar-refractivity contribution in [3.63, 3.8) is 0 Å². The monoisotopic (exact) mass is 356 g/mol. The Labute approximate surface area is 157 Å². The Morgan fingerprint density at radius 2 is 1.88 bits per heavy atom. The maximum Gasteiger partial charge on any atom is 0.302 e. The van der Waals surface area contributed by atoms with E-state index in [1.165, 1.54) is 43.8 Å². The number of ketones is 1. The van der Waals surface area contributed by atoms with Gasteiger partial charge in [0.05, 0.1) is 0 Å². The maximum absolute atomic E-state index is 11.9. The molecular formula is C23H32O3. The van der Waals surface area contributed by atoms with Gasteiger partial charge in [-0.3, -0.25) is 9.59 Å². The Kier molecular flexibility index (Phi) is 4.40. The Hall–Kier alpha value is -1.38. The number of fused-ring (bicyclic) bond motifs is 5. The average molecular weight is 357 g/mol. The first-order valence-corrected chi connectivity index (χ1v) is 10.4. The molecule has 0 unspecified atom stereocenters. The van der Waals surface area contributed by atoms with E-state index >= 15 is 0 Å². The van der Waals surface area contributed by atoms with Gasteiger partial charge in [-0.15, -0.1) is 0 Å². The van der Waals surface area contributed by atoms with E-state index in [1.54, 1.807) is 0 Å². The van der Waals surface area contributed by atoms with Gasteiger partial charge in [-0.05, 0) is 85.7 Å². The summed E-state index contributed by atoms with van der Waals surface area (Å²) in [5, 5.41) is 0. The van der Waals surface area contributed by atoms with Crippen LogP contribution < -0.4 is 0 Å². The number of hydrogen-bond acceptors (Lipinski definition) is 3. The summed E-state index contributed by atoms with van der Waals surface area (Å²) in [5.74, 6) is 2.41. The van der Waals surface area contributed by atoms with Gasteiger partial charge < -0.3 is 4.74 Å². The number of rotatable bonds is 2. The molecule has 142 valence electrons. The van der Waals surface area contributed by atoms with Crippen molar-refractivity contribution >= 4 is 11.8 Å². The van der Waals surface area contributed by atoms with Crippen molar-refractivity contribution in [1.82, 2.24) is 0 Å². The molecule has 4 aliphatic rings. The van der Waals surface area contributed by atoms with Crippen LogP contribution in [0.2, 0.25) is 0 Å². The van der Waals surface area contributed by atoms with E-state index in [9.17, 15) is 9.59 Å². The Balaban J connectivity index is 1.57. The molecule has 4 rings (SSSR count). The Morgan fingerprint density at radius 1 is 1.12 bits per heavy atom. The minimum absolute atomic E-state index is 0.198. The first-order chi connectivity index (χ1) is 12.3. The summed E-state index contributed by atoms with van der Waals surface area (Å²) in [6.45, 7) is 6.80. The molecule has 3 saturated carbocycles. The smallest absolute Gasteiger partial charge is 0.302 e. The molecule has 26 heavy (non-hydrogen) atoms. The highest BCUT2D eigenvalue weighted by atomic mass is 16.5. The van der Waals surface area contributed by atoms with Gasteiger partial charge in [0, 0.05) is 13.3 Å². The third-order valence-electron chi connectivity index (χ3n) is 8.43. The van der Waals surface area contributed by atoms with Crippen LogP contribution in [0.25, 0.3) is 0 Å². The van der Waals surface area contributed by atoms with Gasteiger partial charge >= 0.3 is 5.97 Å². The van der Waals surface area contributed by atoms with Gasteiger partial charge in [0.25, 0.3) is 0 Å². The third kappa shape index (κ3) is 2.70. The molecule has 0 aromatic rings. The fourth-order valence-corrected chi connectivity index (χ4v) is 7.00. The van der Waals surface area contributed by atoms with Crippen LogP contribution >= 0.6 is 0 Å². The molecule has 0 N–H and O–H groups in total. The summed E-state index contributed by atoms with van der Waals surface area (Å²) in [6.07, 6.45) is 13.3. The van der Waals surface area contributed by atoms with E-state index in [-0.39, 0.29) is 16.8 Å². The van der Waals surface area contributed by atoms with Crippen LogP contribution in [-0.4, -0.2) is 18.4 Å². The summed E-state index contributed by atoms with van der Waals surface area (Å²) in [4.78, 5) is 23.0. The van der Waals surface area contributed by atoms with Crippen molar-refractivity contribution in [3.05, 3.63) is 23.3 Å². The zero-order valence-electron chi connectivity index (χ0n) is 16.5. The molecule has 0 aromatic carbocycles. The normalized spacial score (nSPS) is 43.3. The van der Waals surface area contributed by atoms with Crippen LogP contribution in [0.15, 0.2) is 23.3 Å². The largest absolute Gasteiger partial charge is 0.462 e. The fourth-order valence-electron chi connectivity index (χ4n) is 7.00. The summed E-state index contributed by atoms with van der Waals surface area (Å²) in [6, 6.07) is 0. The molecule has 3 nitrogen and oxygen atoms in total. The number of allylic oxidation sites excluding steroid dienone is 2. The molecule has 3 fully saturated rings. The lowest BCUT2D eigenvalue weighted by Crippen LogP contribution is -2.49. The van der Waals surface area contributed by atoms with Crippen LogP contribution in [0.4, 0.5) is 0 Å².